The molecule has 2 aromatic carbocycles. The normalized spacial score (nSPS) is 15.6. The zero-order valence-electron chi connectivity index (χ0n) is 15.0. The fraction of sp³-hybridized carbons (Fsp3) is 0.143. The van der Waals surface area contributed by atoms with Crippen molar-refractivity contribution in [2.75, 3.05) is 23.6 Å². The van der Waals surface area contributed by atoms with Crippen LogP contribution in [0, 0.1) is 0 Å². The number of amides is 1. The molecule has 0 radical (unpaired) electrons. The van der Waals surface area contributed by atoms with Crippen LogP contribution in [0.25, 0.3) is 0 Å². The first-order chi connectivity index (χ1) is 13.2. The molecule has 0 aliphatic carbocycles. The molecule has 5 nitrogen and oxygen atoms in total. The van der Waals surface area contributed by atoms with Crippen molar-refractivity contribution in [3.8, 4) is 5.75 Å². The minimum atomic E-state index is -0.376. The molecule has 1 amide bonds. The highest BCUT2D eigenvalue weighted by atomic mass is 32.2. The van der Waals surface area contributed by atoms with E-state index in [-0.39, 0.29) is 12.1 Å². The predicted octanol–water partition coefficient (Wildman–Crippen LogP) is 4.58. The molecule has 0 fully saturated rings. The highest BCUT2D eigenvalue weighted by Gasteiger charge is 2.39. The molecule has 1 unspecified atom stereocenters. The number of nitrogens with one attached hydrogen (secondary N) is 1. The number of rotatable bonds is 5. The lowest BCUT2D eigenvalue weighted by Crippen LogP contribution is -2.32. The summed E-state index contributed by atoms with van der Waals surface area (Å²) < 4.78 is 5.23. The van der Waals surface area contributed by atoms with Gasteiger partial charge < -0.3 is 10.1 Å². The molecule has 4 rings (SSSR count). The van der Waals surface area contributed by atoms with Crippen LogP contribution in [-0.4, -0.2) is 24.3 Å². The van der Waals surface area contributed by atoms with Crippen LogP contribution < -0.4 is 15.0 Å². The Bertz CT molecular complexity index is 975. The Kier molecular flexibility index (Phi) is 4.73. The fourth-order valence-corrected chi connectivity index (χ4v) is 3.66. The van der Waals surface area contributed by atoms with E-state index in [0.717, 1.165) is 27.7 Å². The number of aromatic nitrogens is 1. The highest BCUT2D eigenvalue weighted by Crippen LogP contribution is 2.37. The van der Waals surface area contributed by atoms with E-state index in [1.807, 2.05) is 48.7 Å². The summed E-state index contributed by atoms with van der Waals surface area (Å²) in [4.78, 5) is 20.5. The monoisotopic (exact) mass is 377 g/mol. The fourth-order valence-electron chi connectivity index (χ4n) is 3.20. The maximum atomic E-state index is 13.1. The summed E-state index contributed by atoms with van der Waals surface area (Å²) in [5.74, 6) is 0.681. The van der Waals surface area contributed by atoms with Crippen molar-refractivity contribution in [3.63, 3.8) is 0 Å². The number of fused-ring (bicyclic) bond motifs is 1. The van der Waals surface area contributed by atoms with E-state index in [1.165, 1.54) is 0 Å². The van der Waals surface area contributed by atoms with Gasteiger partial charge in [0.15, 0.2) is 6.17 Å². The Hall–Kier alpha value is -2.99. The lowest BCUT2D eigenvalue weighted by Gasteiger charge is -2.26. The van der Waals surface area contributed by atoms with Crippen LogP contribution in [0.4, 0.5) is 11.4 Å². The van der Waals surface area contributed by atoms with Crippen molar-refractivity contribution in [1.29, 1.82) is 0 Å². The molecule has 0 bridgehead atoms. The number of hydrogen-bond donors (Lipinski definition) is 1. The second-order valence-corrected chi connectivity index (χ2v) is 6.97. The van der Waals surface area contributed by atoms with E-state index in [4.69, 9.17) is 4.74 Å². The quantitative estimate of drug-likeness (QED) is 0.660. The van der Waals surface area contributed by atoms with Crippen molar-refractivity contribution in [2.45, 2.75) is 11.1 Å². The Labute approximate surface area is 162 Å². The zero-order chi connectivity index (χ0) is 18.8. The van der Waals surface area contributed by atoms with Gasteiger partial charge in [-0.25, -0.2) is 0 Å². The van der Waals surface area contributed by atoms with Gasteiger partial charge in [-0.15, -0.1) is 11.8 Å². The van der Waals surface area contributed by atoms with Crippen LogP contribution in [0.15, 0.2) is 71.8 Å². The van der Waals surface area contributed by atoms with Gasteiger partial charge in [0.1, 0.15) is 5.75 Å². The summed E-state index contributed by atoms with van der Waals surface area (Å²) in [6.45, 7) is 0. The smallest absolute Gasteiger partial charge is 0.262 e. The van der Waals surface area contributed by atoms with Crippen molar-refractivity contribution >= 4 is 29.0 Å². The van der Waals surface area contributed by atoms with Gasteiger partial charge in [-0.1, -0.05) is 6.07 Å². The molecule has 0 saturated heterocycles. The van der Waals surface area contributed by atoms with Crippen LogP contribution in [0.3, 0.4) is 0 Å². The van der Waals surface area contributed by atoms with Crippen LogP contribution in [0.5, 0.6) is 5.75 Å². The molecule has 0 spiro atoms. The number of pyridine rings is 1. The van der Waals surface area contributed by atoms with Gasteiger partial charge in [-0.3, -0.25) is 14.7 Å². The number of ether oxygens (including phenoxy) is 1. The number of carbonyl (C=O) groups excluding carboxylic acids is 1. The molecule has 27 heavy (non-hydrogen) atoms. The first-order valence-corrected chi connectivity index (χ1v) is 9.77. The number of benzene rings is 2. The average molecular weight is 377 g/mol. The van der Waals surface area contributed by atoms with Gasteiger partial charge in [-0.2, -0.15) is 0 Å². The van der Waals surface area contributed by atoms with Gasteiger partial charge in [0.05, 0.1) is 18.4 Å². The SMILES string of the molecule is COc1ccc(N2C(=O)c3cccnc3C2Nc2cccc(SC)c2)cc1. The Morgan fingerprint density at radius 1 is 1.11 bits per heavy atom. The van der Waals surface area contributed by atoms with Gasteiger partial charge in [-0.05, 0) is 60.9 Å². The van der Waals surface area contributed by atoms with E-state index in [9.17, 15) is 4.79 Å². The van der Waals surface area contributed by atoms with E-state index in [0.29, 0.717) is 5.56 Å². The molecule has 0 saturated carbocycles. The van der Waals surface area contributed by atoms with Crippen molar-refractivity contribution in [2.24, 2.45) is 0 Å². The number of hydrogen-bond acceptors (Lipinski definition) is 5. The summed E-state index contributed by atoms with van der Waals surface area (Å²) in [7, 11) is 1.62. The second-order valence-electron chi connectivity index (χ2n) is 6.09. The minimum Gasteiger partial charge on any atom is -0.497 e. The van der Waals surface area contributed by atoms with Crippen LogP contribution in [-0.2, 0) is 0 Å². The van der Waals surface area contributed by atoms with E-state index < -0.39 is 0 Å². The van der Waals surface area contributed by atoms with Crippen LogP contribution in [0.1, 0.15) is 22.2 Å². The molecular formula is C21H19N3O2S. The van der Waals surface area contributed by atoms with Gasteiger partial charge in [0.2, 0.25) is 0 Å². The first-order valence-electron chi connectivity index (χ1n) is 8.54. The van der Waals surface area contributed by atoms with Crippen molar-refractivity contribution in [1.82, 2.24) is 4.98 Å². The summed E-state index contributed by atoms with van der Waals surface area (Å²) >= 11 is 1.68. The number of nitrogens with zero attached hydrogens (tertiary/aromatic N) is 2. The van der Waals surface area contributed by atoms with Gasteiger partial charge in [0, 0.05) is 22.5 Å². The standard InChI is InChI=1S/C21H19N3O2S/c1-26-16-10-8-15(9-11-16)24-20(19-18(21(24)25)7-4-12-22-19)23-14-5-3-6-17(13-14)27-2/h3-13,20,23H,1-2H3. The second kappa shape index (κ2) is 7.32. The summed E-state index contributed by atoms with van der Waals surface area (Å²) in [6, 6.07) is 19.2. The lowest BCUT2D eigenvalue weighted by atomic mass is 10.2. The topological polar surface area (TPSA) is 54.5 Å². The molecule has 136 valence electrons. The Morgan fingerprint density at radius 2 is 1.93 bits per heavy atom. The minimum absolute atomic E-state index is 0.0678. The number of methoxy groups -OCH3 is 1. The van der Waals surface area contributed by atoms with Crippen molar-refractivity contribution in [3.05, 3.63) is 78.1 Å². The Balaban J connectivity index is 1.74. The third kappa shape index (κ3) is 3.24. The lowest BCUT2D eigenvalue weighted by molar-refractivity contribution is 0.0993. The molecule has 2 heterocycles. The molecule has 6 heteroatoms. The molecular weight excluding hydrogens is 358 g/mol. The zero-order valence-corrected chi connectivity index (χ0v) is 15.9. The summed E-state index contributed by atoms with van der Waals surface area (Å²) in [5.41, 5.74) is 3.08. The Morgan fingerprint density at radius 3 is 2.67 bits per heavy atom. The molecule has 1 atom stereocenters. The number of anilines is 2. The third-order valence-corrected chi connectivity index (χ3v) is 5.25. The number of thioether (sulfide) groups is 1. The van der Waals surface area contributed by atoms with Gasteiger partial charge >= 0.3 is 0 Å². The average Bonchev–Trinajstić information content (AvgIpc) is 3.00. The maximum Gasteiger partial charge on any atom is 0.262 e. The summed E-state index contributed by atoms with van der Waals surface area (Å²) in [5, 5.41) is 3.48. The van der Waals surface area contributed by atoms with E-state index in [1.54, 1.807) is 36.0 Å². The van der Waals surface area contributed by atoms with Crippen LogP contribution >= 0.6 is 11.8 Å². The van der Waals surface area contributed by atoms with Gasteiger partial charge in [0.25, 0.3) is 5.91 Å². The summed E-state index contributed by atoms with van der Waals surface area (Å²) in [6.07, 6.45) is 3.38. The maximum absolute atomic E-state index is 13.1. The molecule has 3 aromatic rings. The largest absolute Gasteiger partial charge is 0.497 e. The molecule has 1 aliphatic rings. The third-order valence-electron chi connectivity index (χ3n) is 4.53. The molecule has 1 N–H and O–H groups in total. The van der Waals surface area contributed by atoms with E-state index >= 15 is 0 Å². The van der Waals surface area contributed by atoms with E-state index in [2.05, 4.69) is 22.4 Å². The van der Waals surface area contributed by atoms with Crippen molar-refractivity contribution < 1.29 is 9.53 Å². The molecule has 1 aliphatic heterocycles. The highest BCUT2D eigenvalue weighted by molar-refractivity contribution is 7.98. The predicted molar refractivity (Wildman–Crippen MR) is 109 cm³/mol. The first kappa shape index (κ1) is 17.4. The molecule has 1 aromatic heterocycles. The number of carbonyl (C=O) groups is 1. The van der Waals surface area contributed by atoms with Crippen LogP contribution in [0.2, 0.25) is 0 Å².